The zero-order chi connectivity index (χ0) is 22.4. The number of para-hydroxylation sites is 1. The van der Waals surface area contributed by atoms with Crippen LogP contribution in [0.25, 0.3) is 0 Å². The number of carbonyl (C=O) groups excluding carboxylic acids is 1. The van der Waals surface area contributed by atoms with Crippen molar-refractivity contribution in [3.8, 4) is 5.75 Å². The highest BCUT2D eigenvalue weighted by atomic mass is 79.9. The fraction of sp³-hybridized carbons (Fsp3) is 0.174. The first-order chi connectivity index (χ1) is 14.7. The van der Waals surface area contributed by atoms with Gasteiger partial charge in [-0.2, -0.15) is 0 Å². The minimum Gasteiger partial charge on any atom is -0.484 e. The van der Waals surface area contributed by atoms with Crippen LogP contribution in [0.1, 0.15) is 24.1 Å². The molecule has 0 aliphatic rings. The molecule has 0 bridgehead atoms. The topological polar surface area (TPSA) is 84.5 Å². The highest BCUT2D eigenvalue weighted by Crippen LogP contribution is 2.22. The number of hydrogen-bond acceptors (Lipinski definition) is 4. The number of amides is 1. The zero-order valence-corrected chi connectivity index (χ0v) is 19.5. The second-order valence-corrected chi connectivity index (χ2v) is 9.62. The maximum Gasteiger partial charge on any atom is 0.261 e. The summed E-state index contributed by atoms with van der Waals surface area (Å²) in [5.74, 6) is 0.130. The van der Waals surface area contributed by atoms with Crippen LogP contribution in [0.3, 0.4) is 0 Å². The lowest BCUT2D eigenvalue weighted by atomic mass is 10.1. The molecule has 3 rings (SSSR count). The van der Waals surface area contributed by atoms with Crippen LogP contribution in [0.15, 0.2) is 82.2 Å². The summed E-state index contributed by atoms with van der Waals surface area (Å²) in [6, 6.07) is 20.6. The highest BCUT2D eigenvalue weighted by Gasteiger charge is 2.16. The van der Waals surface area contributed by atoms with Crippen LogP contribution in [-0.4, -0.2) is 20.9 Å². The first kappa shape index (κ1) is 22.8. The van der Waals surface area contributed by atoms with Crippen LogP contribution in [0.2, 0.25) is 0 Å². The van der Waals surface area contributed by atoms with Gasteiger partial charge in [0.25, 0.3) is 15.9 Å². The molecule has 6 nitrogen and oxygen atoms in total. The third-order valence-corrected chi connectivity index (χ3v) is 6.49. The number of ether oxygens (including phenoxy) is 1. The van der Waals surface area contributed by atoms with Crippen molar-refractivity contribution >= 4 is 37.5 Å². The lowest BCUT2D eigenvalue weighted by Crippen LogP contribution is -2.31. The maximum absolute atomic E-state index is 12.6. The summed E-state index contributed by atoms with van der Waals surface area (Å²) < 4.78 is 34.2. The number of benzene rings is 3. The largest absolute Gasteiger partial charge is 0.484 e. The van der Waals surface area contributed by atoms with Crippen molar-refractivity contribution in [2.45, 2.75) is 24.8 Å². The number of aryl methyl sites for hydroxylation is 1. The van der Waals surface area contributed by atoms with Crippen LogP contribution >= 0.6 is 15.9 Å². The molecule has 0 spiro atoms. The molecule has 0 saturated carbocycles. The Balaban J connectivity index is 1.56. The van der Waals surface area contributed by atoms with Crippen LogP contribution in [0.5, 0.6) is 5.75 Å². The van der Waals surface area contributed by atoms with E-state index in [2.05, 4.69) is 26.0 Å². The molecule has 2 N–H and O–H groups in total. The van der Waals surface area contributed by atoms with E-state index in [0.29, 0.717) is 11.4 Å². The molecule has 31 heavy (non-hydrogen) atoms. The first-order valence-electron chi connectivity index (χ1n) is 9.61. The molecular formula is C23H23BrN2O4S. The molecule has 0 radical (unpaired) electrons. The fourth-order valence-corrected chi connectivity index (χ4v) is 4.45. The smallest absolute Gasteiger partial charge is 0.261 e. The average Bonchev–Trinajstić information content (AvgIpc) is 2.74. The molecular weight excluding hydrogens is 480 g/mol. The molecule has 3 aromatic carbocycles. The molecule has 1 atom stereocenters. The molecule has 3 aromatic rings. The van der Waals surface area contributed by atoms with Gasteiger partial charge in [0.05, 0.1) is 16.6 Å². The molecule has 8 heteroatoms. The first-order valence-corrected chi connectivity index (χ1v) is 11.9. The van der Waals surface area contributed by atoms with E-state index in [1.165, 1.54) is 24.3 Å². The summed E-state index contributed by atoms with van der Waals surface area (Å²) in [6.07, 6.45) is 0. The SMILES string of the molecule is Cc1ccccc1NS(=O)(=O)c1ccc(OCC(=O)N[C@@H](C)c2cccc(Br)c2)cc1. The van der Waals surface area contributed by atoms with Crippen LogP contribution < -0.4 is 14.8 Å². The molecule has 0 aromatic heterocycles. The number of anilines is 1. The van der Waals surface area contributed by atoms with Gasteiger partial charge in [-0.1, -0.05) is 46.3 Å². The van der Waals surface area contributed by atoms with Gasteiger partial charge in [-0.25, -0.2) is 8.42 Å². The minimum atomic E-state index is -3.72. The van der Waals surface area contributed by atoms with Gasteiger partial charge in [0, 0.05) is 4.47 Å². The molecule has 0 heterocycles. The van der Waals surface area contributed by atoms with Crippen molar-refractivity contribution < 1.29 is 17.9 Å². The summed E-state index contributed by atoms with van der Waals surface area (Å²) in [5.41, 5.74) is 2.33. The van der Waals surface area contributed by atoms with Crippen molar-refractivity contribution in [1.29, 1.82) is 0 Å². The molecule has 1 amide bonds. The van der Waals surface area contributed by atoms with Crippen molar-refractivity contribution in [3.63, 3.8) is 0 Å². The summed E-state index contributed by atoms with van der Waals surface area (Å²) in [5, 5.41) is 2.87. The van der Waals surface area contributed by atoms with Gasteiger partial charge in [0.15, 0.2) is 6.61 Å². The number of rotatable bonds is 8. The van der Waals surface area contributed by atoms with E-state index in [1.807, 2.05) is 50.2 Å². The van der Waals surface area contributed by atoms with E-state index < -0.39 is 10.0 Å². The van der Waals surface area contributed by atoms with Crippen molar-refractivity contribution in [2.75, 3.05) is 11.3 Å². The minimum absolute atomic E-state index is 0.107. The Bertz CT molecular complexity index is 1160. The number of hydrogen-bond donors (Lipinski definition) is 2. The predicted molar refractivity (Wildman–Crippen MR) is 125 cm³/mol. The summed E-state index contributed by atoms with van der Waals surface area (Å²) in [4.78, 5) is 12.3. The normalized spacial score (nSPS) is 12.1. The van der Waals surface area contributed by atoms with Crippen molar-refractivity contribution in [3.05, 3.63) is 88.4 Å². The van der Waals surface area contributed by atoms with E-state index in [0.717, 1.165) is 15.6 Å². The summed E-state index contributed by atoms with van der Waals surface area (Å²) in [7, 11) is -3.72. The number of sulfonamides is 1. The molecule has 0 unspecified atom stereocenters. The Morgan fingerprint density at radius 1 is 1.03 bits per heavy atom. The molecule has 0 aliphatic heterocycles. The van der Waals surface area contributed by atoms with E-state index in [9.17, 15) is 13.2 Å². The van der Waals surface area contributed by atoms with Gasteiger partial charge >= 0.3 is 0 Å². The number of halogens is 1. The maximum atomic E-state index is 12.6. The van der Waals surface area contributed by atoms with Crippen molar-refractivity contribution in [2.24, 2.45) is 0 Å². The van der Waals surface area contributed by atoms with Gasteiger partial charge in [0.1, 0.15) is 5.75 Å². The predicted octanol–water partition coefficient (Wildman–Crippen LogP) is 4.81. The van der Waals surface area contributed by atoms with E-state index in [4.69, 9.17) is 4.74 Å². The fourth-order valence-electron chi connectivity index (χ4n) is 2.90. The van der Waals surface area contributed by atoms with E-state index >= 15 is 0 Å². The molecule has 162 valence electrons. The highest BCUT2D eigenvalue weighted by molar-refractivity contribution is 9.10. The van der Waals surface area contributed by atoms with E-state index in [-0.39, 0.29) is 23.5 Å². The van der Waals surface area contributed by atoms with Gasteiger partial charge in [-0.15, -0.1) is 0 Å². The Morgan fingerprint density at radius 3 is 2.42 bits per heavy atom. The monoisotopic (exact) mass is 502 g/mol. The van der Waals surface area contributed by atoms with Crippen molar-refractivity contribution in [1.82, 2.24) is 5.32 Å². The lowest BCUT2D eigenvalue weighted by Gasteiger charge is -2.15. The Hall–Kier alpha value is -2.84. The Kier molecular flexibility index (Phi) is 7.35. The Morgan fingerprint density at radius 2 is 1.74 bits per heavy atom. The third-order valence-electron chi connectivity index (χ3n) is 4.62. The van der Waals surface area contributed by atoms with Gasteiger partial charge in [-0.05, 0) is 67.4 Å². The van der Waals surface area contributed by atoms with Crippen LogP contribution in [-0.2, 0) is 14.8 Å². The second-order valence-electron chi connectivity index (χ2n) is 7.02. The van der Waals surface area contributed by atoms with Crippen LogP contribution in [0.4, 0.5) is 5.69 Å². The summed E-state index contributed by atoms with van der Waals surface area (Å²) in [6.45, 7) is 3.55. The second kappa shape index (κ2) is 9.98. The van der Waals surface area contributed by atoms with E-state index in [1.54, 1.807) is 12.1 Å². The number of carbonyl (C=O) groups is 1. The van der Waals surface area contributed by atoms with Gasteiger partial charge < -0.3 is 10.1 Å². The molecule has 0 fully saturated rings. The quantitative estimate of drug-likeness (QED) is 0.462. The van der Waals surface area contributed by atoms with Gasteiger partial charge in [-0.3, -0.25) is 9.52 Å². The number of nitrogens with one attached hydrogen (secondary N) is 2. The van der Waals surface area contributed by atoms with Gasteiger partial charge in [0.2, 0.25) is 0 Å². The lowest BCUT2D eigenvalue weighted by molar-refractivity contribution is -0.123. The zero-order valence-electron chi connectivity index (χ0n) is 17.1. The Labute approximate surface area is 190 Å². The summed E-state index contributed by atoms with van der Waals surface area (Å²) >= 11 is 3.41. The van der Waals surface area contributed by atoms with Crippen LogP contribution in [0, 0.1) is 6.92 Å². The third kappa shape index (κ3) is 6.32. The molecule has 0 aliphatic carbocycles. The molecule has 0 saturated heterocycles. The average molecular weight is 503 g/mol. The standard InChI is InChI=1S/C23H23BrN2O4S/c1-16-6-3-4-9-22(16)26-31(28,29)21-12-10-20(11-13-21)30-15-23(27)25-17(2)18-7-5-8-19(24)14-18/h3-14,17,26H,15H2,1-2H3,(H,25,27)/t17-/m0/s1.